The van der Waals surface area contributed by atoms with Crippen molar-refractivity contribution in [1.29, 1.82) is 0 Å². The van der Waals surface area contributed by atoms with Crippen molar-refractivity contribution in [2.24, 2.45) is 11.1 Å². The lowest BCUT2D eigenvalue weighted by atomic mass is 9.86. The molecule has 0 radical (unpaired) electrons. The normalized spacial score (nSPS) is 22.8. The molecule has 4 atom stereocenters. The van der Waals surface area contributed by atoms with Gasteiger partial charge in [0.25, 0.3) is 0 Å². The predicted molar refractivity (Wildman–Crippen MR) is 137 cm³/mol. The van der Waals surface area contributed by atoms with Gasteiger partial charge in [-0.05, 0) is 30.4 Å². The van der Waals surface area contributed by atoms with Crippen LogP contribution >= 0.6 is 11.3 Å². The van der Waals surface area contributed by atoms with Crippen LogP contribution in [0, 0.1) is 5.41 Å². The number of urea groups is 1. The van der Waals surface area contributed by atoms with Crippen molar-refractivity contribution in [2.45, 2.75) is 70.8 Å². The van der Waals surface area contributed by atoms with Crippen LogP contribution < -0.4 is 11.1 Å². The van der Waals surface area contributed by atoms with E-state index in [2.05, 4.69) is 5.32 Å². The third kappa shape index (κ3) is 5.47. The van der Waals surface area contributed by atoms with E-state index in [4.69, 9.17) is 10.7 Å². The van der Waals surface area contributed by atoms with Gasteiger partial charge in [0.1, 0.15) is 5.01 Å². The fourth-order valence-electron chi connectivity index (χ4n) is 5.14. The zero-order valence-corrected chi connectivity index (χ0v) is 22.3. The number of likely N-dealkylation sites (tertiary alicyclic amines) is 2. The van der Waals surface area contributed by atoms with E-state index in [1.807, 2.05) is 33.1 Å². The first-order valence-corrected chi connectivity index (χ1v) is 13.4. The SMILES string of the molecule is CCCNC(=O)N1CC(c2csc(-c3cccc(C(F)(F)F)c3)n2)C2C1CCN2C(=O)C(N)C(C)(C)C. The Balaban J connectivity index is 1.67. The molecule has 0 aliphatic carbocycles. The molecule has 3 amide bonds. The number of amides is 3. The number of rotatable bonds is 5. The summed E-state index contributed by atoms with van der Waals surface area (Å²) in [5, 5.41) is 5.23. The molecule has 3 N–H and O–H groups in total. The number of nitrogens with two attached hydrogens (primary N) is 1. The zero-order valence-electron chi connectivity index (χ0n) is 21.5. The van der Waals surface area contributed by atoms with E-state index >= 15 is 0 Å². The van der Waals surface area contributed by atoms with Crippen LogP contribution in [0.1, 0.15) is 57.7 Å². The summed E-state index contributed by atoms with van der Waals surface area (Å²) in [4.78, 5) is 34.8. The first kappa shape index (κ1) is 27.4. The molecular formula is C26H34F3N5O2S. The van der Waals surface area contributed by atoms with Gasteiger partial charge in [-0.2, -0.15) is 13.2 Å². The summed E-state index contributed by atoms with van der Waals surface area (Å²) in [6.45, 7) is 9.13. The molecule has 1 aromatic heterocycles. The summed E-state index contributed by atoms with van der Waals surface area (Å²) >= 11 is 1.26. The van der Waals surface area contributed by atoms with Crippen LogP contribution in [0.25, 0.3) is 10.6 Å². The molecule has 3 heterocycles. The lowest BCUT2D eigenvalue weighted by Gasteiger charge is -2.34. The number of fused-ring (bicyclic) bond motifs is 1. The minimum Gasteiger partial charge on any atom is -0.338 e. The molecular weight excluding hydrogens is 503 g/mol. The molecule has 1 aromatic carbocycles. The summed E-state index contributed by atoms with van der Waals surface area (Å²) in [6.07, 6.45) is -3.01. The van der Waals surface area contributed by atoms with E-state index in [-0.39, 0.29) is 29.9 Å². The second kappa shape index (κ2) is 10.2. The number of hydrogen-bond donors (Lipinski definition) is 2. The van der Waals surface area contributed by atoms with Gasteiger partial charge in [-0.1, -0.05) is 39.8 Å². The van der Waals surface area contributed by atoms with Crippen LogP contribution in [0.2, 0.25) is 0 Å². The van der Waals surface area contributed by atoms with Gasteiger partial charge >= 0.3 is 12.2 Å². The van der Waals surface area contributed by atoms with Gasteiger partial charge in [0.05, 0.1) is 29.4 Å². The van der Waals surface area contributed by atoms with E-state index in [0.717, 1.165) is 18.6 Å². The summed E-state index contributed by atoms with van der Waals surface area (Å²) in [7, 11) is 0. The van der Waals surface area contributed by atoms with Gasteiger partial charge < -0.3 is 20.9 Å². The van der Waals surface area contributed by atoms with Gasteiger partial charge in [-0.15, -0.1) is 11.3 Å². The van der Waals surface area contributed by atoms with E-state index in [1.165, 1.54) is 17.4 Å². The van der Waals surface area contributed by atoms with Crippen molar-refractivity contribution in [3.63, 3.8) is 0 Å². The minimum absolute atomic E-state index is 0.158. The van der Waals surface area contributed by atoms with Crippen LogP contribution in [-0.2, 0) is 11.0 Å². The number of alkyl halides is 3. The number of hydrogen-bond acceptors (Lipinski definition) is 5. The molecule has 0 bridgehead atoms. The van der Waals surface area contributed by atoms with Crippen LogP contribution in [0.3, 0.4) is 0 Å². The maximum Gasteiger partial charge on any atom is 0.416 e. The standard InChI is InChI=1S/C26H34F3N5O2S/c1-5-10-31-24(36)34-13-17(20-19(34)9-11-33(20)23(35)21(30)25(2,3)4)18-14-37-22(32-18)15-7-6-8-16(12-15)26(27,28)29/h6-8,12,14,17,19-21H,5,9-11,13,30H2,1-4H3,(H,31,36). The highest BCUT2D eigenvalue weighted by Gasteiger charge is 2.53. The quantitative estimate of drug-likeness (QED) is 0.579. The number of nitrogens with one attached hydrogen (secondary N) is 1. The Kier molecular flexibility index (Phi) is 7.58. The molecule has 202 valence electrons. The zero-order chi connectivity index (χ0) is 27.1. The van der Waals surface area contributed by atoms with Crippen molar-refractivity contribution in [2.75, 3.05) is 19.6 Å². The van der Waals surface area contributed by atoms with Gasteiger partial charge in [-0.3, -0.25) is 4.79 Å². The average molecular weight is 538 g/mol. The maximum absolute atomic E-state index is 13.5. The van der Waals surface area contributed by atoms with E-state index < -0.39 is 23.2 Å². The molecule has 0 saturated carbocycles. The molecule has 2 saturated heterocycles. The highest BCUT2D eigenvalue weighted by molar-refractivity contribution is 7.13. The topological polar surface area (TPSA) is 91.6 Å². The third-order valence-corrected chi connectivity index (χ3v) is 8.14. The first-order chi connectivity index (χ1) is 17.3. The van der Waals surface area contributed by atoms with Crippen molar-refractivity contribution in [1.82, 2.24) is 20.1 Å². The molecule has 37 heavy (non-hydrogen) atoms. The Hall–Kier alpha value is -2.66. The van der Waals surface area contributed by atoms with Crippen molar-refractivity contribution in [3.8, 4) is 10.6 Å². The molecule has 4 unspecified atom stereocenters. The predicted octanol–water partition coefficient (Wildman–Crippen LogP) is 4.69. The lowest BCUT2D eigenvalue weighted by Crippen LogP contribution is -2.53. The average Bonchev–Trinajstić information content (AvgIpc) is 3.56. The number of halogens is 3. The highest BCUT2D eigenvalue weighted by atomic mass is 32.1. The molecule has 11 heteroatoms. The Morgan fingerprint density at radius 3 is 2.62 bits per heavy atom. The van der Waals surface area contributed by atoms with Crippen LogP contribution in [0.4, 0.5) is 18.0 Å². The molecule has 2 aliphatic rings. The highest BCUT2D eigenvalue weighted by Crippen LogP contribution is 2.43. The minimum atomic E-state index is -4.45. The van der Waals surface area contributed by atoms with Crippen LogP contribution in [0.5, 0.6) is 0 Å². The number of thiazole rings is 1. The largest absolute Gasteiger partial charge is 0.416 e. The number of nitrogens with zero attached hydrogens (tertiary/aromatic N) is 3. The molecule has 2 aromatic rings. The molecule has 2 aliphatic heterocycles. The fourth-order valence-corrected chi connectivity index (χ4v) is 6.02. The number of carbonyl (C=O) groups excluding carboxylic acids is 2. The summed E-state index contributed by atoms with van der Waals surface area (Å²) < 4.78 is 39.7. The van der Waals surface area contributed by atoms with Crippen molar-refractivity contribution >= 4 is 23.3 Å². The maximum atomic E-state index is 13.5. The summed E-state index contributed by atoms with van der Waals surface area (Å²) in [5.41, 5.74) is 6.23. The van der Waals surface area contributed by atoms with Crippen molar-refractivity contribution < 1.29 is 22.8 Å². The van der Waals surface area contributed by atoms with E-state index in [0.29, 0.717) is 42.3 Å². The second-order valence-electron chi connectivity index (χ2n) is 10.9. The van der Waals surface area contributed by atoms with Gasteiger partial charge in [-0.25, -0.2) is 9.78 Å². The van der Waals surface area contributed by atoms with E-state index in [1.54, 1.807) is 15.9 Å². The third-order valence-electron chi connectivity index (χ3n) is 7.23. The Morgan fingerprint density at radius 1 is 1.24 bits per heavy atom. The number of carbonyl (C=O) groups is 2. The number of aromatic nitrogens is 1. The van der Waals surface area contributed by atoms with Crippen LogP contribution in [-0.4, -0.2) is 64.5 Å². The van der Waals surface area contributed by atoms with Gasteiger partial charge in [0, 0.05) is 36.5 Å². The number of benzene rings is 1. The van der Waals surface area contributed by atoms with Crippen LogP contribution in [0.15, 0.2) is 29.6 Å². The molecule has 2 fully saturated rings. The van der Waals surface area contributed by atoms with Gasteiger partial charge in [0.2, 0.25) is 5.91 Å². The fraction of sp³-hybridized carbons (Fsp3) is 0.577. The molecule has 4 rings (SSSR count). The first-order valence-electron chi connectivity index (χ1n) is 12.6. The monoisotopic (exact) mass is 537 g/mol. The Bertz CT molecular complexity index is 1150. The Morgan fingerprint density at radius 2 is 1.97 bits per heavy atom. The molecule has 7 nitrogen and oxygen atoms in total. The molecule has 0 spiro atoms. The summed E-state index contributed by atoms with van der Waals surface area (Å²) in [6, 6.07) is 3.74. The summed E-state index contributed by atoms with van der Waals surface area (Å²) in [5.74, 6) is -0.430. The Labute approximate surface area is 219 Å². The lowest BCUT2D eigenvalue weighted by molar-refractivity contribution is -0.137. The smallest absolute Gasteiger partial charge is 0.338 e. The van der Waals surface area contributed by atoms with E-state index in [9.17, 15) is 22.8 Å². The second-order valence-corrected chi connectivity index (χ2v) is 11.7. The van der Waals surface area contributed by atoms with Gasteiger partial charge in [0.15, 0.2) is 0 Å². The van der Waals surface area contributed by atoms with Crippen molar-refractivity contribution in [3.05, 3.63) is 40.9 Å².